The summed E-state index contributed by atoms with van der Waals surface area (Å²) in [5.74, 6) is 0.694. The largest absolute Gasteiger partial charge is 0.495 e. The molecule has 1 aliphatic heterocycles. The maximum absolute atomic E-state index is 13.7. The molecule has 0 aliphatic carbocycles. The fraction of sp³-hybridized carbons (Fsp3) is 0.206. The normalized spacial score (nSPS) is 13.0. The van der Waals surface area contributed by atoms with Crippen LogP contribution < -0.4 is 25.6 Å². The molecule has 0 spiro atoms. The molecule has 4 amide bonds. The summed E-state index contributed by atoms with van der Waals surface area (Å²) < 4.78 is 5.63. The Morgan fingerprint density at radius 1 is 0.957 bits per heavy atom. The number of likely N-dealkylation sites (N-methyl/N-ethyl adjacent to an activating group) is 1. The van der Waals surface area contributed by atoms with Gasteiger partial charge < -0.3 is 30.5 Å². The Morgan fingerprint density at radius 2 is 1.74 bits per heavy atom. The van der Waals surface area contributed by atoms with Crippen LogP contribution in [0.15, 0.2) is 97.8 Å². The van der Waals surface area contributed by atoms with E-state index < -0.39 is 6.03 Å². The molecule has 12 heteroatoms. The van der Waals surface area contributed by atoms with Crippen molar-refractivity contribution in [2.75, 3.05) is 55.9 Å². The molecule has 0 saturated carbocycles. The third-order valence-electron chi connectivity index (χ3n) is 7.43. The van der Waals surface area contributed by atoms with E-state index in [0.717, 1.165) is 18.7 Å². The van der Waals surface area contributed by atoms with Crippen LogP contribution in [0.4, 0.5) is 33.5 Å². The lowest BCUT2D eigenvalue weighted by Crippen LogP contribution is -2.47. The number of nitrogens with one attached hydrogen (secondary N) is 3. The summed E-state index contributed by atoms with van der Waals surface area (Å²) in [5, 5.41) is 8.90. The highest BCUT2D eigenvalue weighted by atomic mass is 16.5. The summed E-state index contributed by atoms with van der Waals surface area (Å²) >= 11 is 0. The van der Waals surface area contributed by atoms with Crippen molar-refractivity contribution in [3.05, 3.63) is 109 Å². The van der Waals surface area contributed by atoms with Crippen molar-refractivity contribution >= 4 is 46.5 Å². The van der Waals surface area contributed by atoms with Crippen molar-refractivity contribution in [1.82, 2.24) is 25.1 Å². The zero-order chi connectivity index (χ0) is 32.5. The molecule has 0 radical (unpaired) electrons. The van der Waals surface area contributed by atoms with Crippen LogP contribution in [0, 0.1) is 0 Å². The lowest BCUT2D eigenvalue weighted by Gasteiger charge is -2.32. The highest BCUT2D eigenvalue weighted by Crippen LogP contribution is 2.32. The summed E-state index contributed by atoms with van der Waals surface area (Å²) in [7, 11) is 3.58. The number of nitrogens with zero attached hydrogens (tertiary/aromatic N) is 5. The molecule has 1 saturated heterocycles. The number of carbonyl (C=O) groups excluding carboxylic acids is 3. The average molecular weight is 621 g/mol. The number of aromatic nitrogens is 2. The molecule has 3 aromatic carbocycles. The third-order valence-corrected chi connectivity index (χ3v) is 7.43. The van der Waals surface area contributed by atoms with E-state index in [-0.39, 0.29) is 24.2 Å². The van der Waals surface area contributed by atoms with Crippen molar-refractivity contribution in [2.45, 2.75) is 6.54 Å². The Kier molecular flexibility index (Phi) is 10.2. The second-order valence-corrected chi connectivity index (χ2v) is 10.6. The molecule has 236 valence electrons. The van der Waals surface area contributed by atoms with Gasteiger partial charge in [-0.3, -0.25) is 9.59 Å². The van der Waals surface area contributed by atoms with Gasteiger partial charge in [0.05, 0.1) is 18.5 Å². The van der Waals surface area contributed by atoms with Gasteiger partial charge in [-0.2, -0.15) is 0 Å². The van der Waals surface area contributed by atoms with E-state index in [1.165, 1.54) is 24.4 Å². The number of amides is 4. The molecule has 46 heavy (non-hydrogen) atoms. The van der Waals surface area contributed by atoms with Crippen LogP contribution in [-0.4, -0.2) is 77.9 Å². The minimum atomic E-state index is -0.440. The van der Waals surface area contributed by atoms with E-state index in [0.29, 0.717) is 47.3 Å². The second kappa shape index (κ2) is 14.8. The number of anilines is 5. The number of piperazine rings is 1. The minimum absolute atomic E-state index is 0.0501. The van der Waals surface area contributed by atoms with Gasteiger partial charge in [0.15, 0.2) is 0 Å². The van der Waals surface area contributed by atoms with Crippen LogP contribution in [0.2, 0.25) is 0 Å². The van der Waals surface area contributed by atoms with Crippen molar-refractivity contribution in [1.29, 1.82) is 0 Å². The van der Waals surface area contributed by atoms with Crippen molar-refractivity contribution in [2.24, 2.45) is 0 Å². The lowest BCUT2D eigenvalue weighted by atomic mass is 10.1. The van der Waals surface area contributed by atoms with Crippen LogP contribution in [-0.2, 0) is 11.3 Å². The van der Waals surface area contributed by atoms with E-state index in [2.05, 4.69) is 37.4 Å². The van der Waals surface area contributed by atoms with Crippen molar-refractivity contribution < 1.29 is 19.1 Å². The standard InChI is InChI=1S/C34H36N8O4/c1-4-32(43)38-26-11-8-12-27(20-26)42(34(45)35-22-24-9-6-5-7-10-24)31-21-30(36-23-37-31)39-28-14-13-25(19-29(28)46-3)33(44)41-17-15-40(2)16-18-41/h4-14,19-21,23H,1,15-18,22H2,2-3H3,(H,35,45)(H,38,43)(H,36,37,39). The molecule has 2 heterocycles. The number of hydrogen-bond donors (Lipinski definition) is 3. The number of urea groups is 1. The molecular formula is C34H36N8O4. The molecule has 0 unspecified atom stereocenters. The van der Waals surface area contributed by atoms with Crippen LogP contribution >= 0.6 is 0 Å². The summed E-state index contributed by atoms with van der Waals surface area (Å²) in [6.07, 6.45) is 2.51. The van der Waals surface area contributed by atoms with Gasteiger partial charge >= 0.3 is 6.03 Å². The number of rotatable bonds is 10. The lowest BCUT2D eigenvalue weighted by molar-refractivity contribution is -0.111. The predicted molar refractivity (Wildman–Crippen MR) is 178 cm³/mol. The Balaban J connectivity index is 1.41. The van der Waals surface area contributed by atoms with Gasteiger partial charge in [0.1, 0.15) is 23.7 Å². The third kappa shape index (κ3) is 7.85. The first-order valence-corrected chi connectivity index (χ1v) is 14.7. The molecule has 12 nitrogen and oxygen atoms in total. The molecular weight excluding hydrogens is 584 g/mol. The first-order valence-electron chi connectivity index (χ1n) is 14.7. The Morgan fingerprint density at radius 3 is 2.48 bits per heavy atom. The van der Waals surface area contributed by atoms with Crippen LogP contribution in [0.1, 0.15) is 15.9 Å². The van der Waals surface area contributed by atoms with Gasteiger partial charge in [0, 0.05) is 50.0 Å². The van der Waals surface area contributed by atoms with Crippen LogP contribution in [0.3, 0.4) is 0 Å². The fourth-order valence-electron chi connectivity index (χ4n) is 4.92. The maximum atomic E-state index is 13.7. The van der Waals surface area contributed by atoms with Crippen LogP contribution in [0.5, 0.6) is 5.75 Å². The molecule has 0 bridgehead atoms. The number of ether oxygens (including phenoxy) is 1. The smallest absolute Gasteiger partial charge is 0.327 e. The molecule has 1 aliphatic rings. The Labute approximate surface area is 267 Å². The minimum Gasteiger partial charge on any atom is -0.495 e. The van der Waals surface area contributed by atoms with Gasteiger partial charge in [-0.15, -0.1) is 0 Å². The summed E-state index contributed by atoms with van der Waals surface area (Å²) in [4.78, 5) is 53.0. The van der Waals surface area contributed by atoms with E-state index in [4.69, 9.17) is 4.74 Å². The van der Waals surface area contributed by atoms with E-state index in [1.807, 2.05) is 42.3 Å². The van der Waals surface area contributed by atoms with Gasteiger partial charge in [-0.1, -0.05) is 43.0 Å². The summed E-state index contributed by atoms with van der Waals surface area (Å²) in [6, 6.07) is 22.8. The Hall–Kier alpha value is -5.75. The Bertz CT molecular complexity index is 1710. The number of carbonyl (C=O) groups is 3. The van der Waals surface area contributed by atoms with Gasteiger partial charge in [0.2, 0.25) is 5.91 Å². The maximum Gasteiger partial charge on any atom is 0.327 e. The summed E-state index contributed by atoms with van der Waals surface area (Å²) in [5.41, 5.74) is 2.97. The van der Waals surface area contributed by atoms with E-state index in [9.17, 15) is 14.4 Å². The number of hydrogen-bond acceptors (Lipinski definition) is 8. The van der Waals surface area contributed by atoms with Crippen molar-refractivity contribution in [3.63, 3.8) is 0 Å². The monoisotopic (exact) mass is 620 g/mol. The molecule has 5 rings (SSSR count). The topological polar surface area (TPSA) is 132 Å². The predicted octanol–water partition coefficient (Wildman–Crippen LogP) is 4.79. The number of benzene rings is 3. The van der Waals surface area contributed by atoms with Crippen LogP contribution in [0.25, 0.3) is 0 Å². The molecule has 0 atom stereocenters. The SMILES string of the molecule is C=CC(=O)Nc1cccc(N(C(=O)NCc2ccccc2)c2cc(Nc3ccc(C(=O)N4CCN(C)CC4)cc3OC)ncn2)c1. The molecule has 3 N–H and O–H groups in total. The van der Waals surface area contributed by atoms with Gasteiger partial charge in [-0.05, 0) is 55.1 Å². The van der Waals surface area contributed by atoms with E-state index in [1.54, 1.807) is 48.5 Å². The van der Waals surface area contributed by atoms with Crippen molar-refractivity contribution in [3.8, 4) is 5.75 Å². The highest BCUT2D eigenvalue weighted by Gasteiger charge is 2.23. The average Bonchev–Trinajstić information content (AvgIpc) is 3.08. The zero-order valence-corrected chi connectivity index (χ0v) is 25.8. The number of methoxy groups -OCH3 is 1. The van der Waals surface area contributed by atoms with Gasteiger partial charge in [-0.25, -0.2) is 19.7 Å². The fourth-order valence-corrected chi connectivity index (χ4v) is 4.92. The first kappa shape index (κ1) is 31.7. The van der Waals surface area contributed by atoms with E-state index >= 15 is 0 Å². The molecule has 1 fully saturated rings. The first-order chi connectivity index (χ1) is 22.3. The second-order valence-electron chi connectivity index (χ2n) is 10.6. The quantitative estimate of drug-likeness (QED) is 0.216. The summed E-state index contributed by atoms with van der Waals surface area (Å²) in [6.45, 7) is 6.77. The molecule has 4 aromatic rings. The highest BCUT2D eigenvalue weighted by molar-refractivity contribution is 6.02. The zero-order valence-electron chi connectivity index (χ0n) is 25.8. The van der Waals surface area contributed by atoms with Gasteiger partial charge in [0.25, 0.3) is 5.91 Å². The molecule has 1 aromatic heterocycles.